The van der Waals surface area contributed by atoms with E-state index in [1.807, 2.05) is 0 Å². The van der Waals surface area contributed by atoms with Gasteiger partial charge < -0.3 is 10.6 Å². The maximum absolute atomic E-state index is 13.9. The third-order valence-corrected chi connectivity index (χ3v) is 4.96. The van der Waals surface area contributed by atoms with Crippen LogP contribution >= 0.6 is 23.4 Å². The fraction of sp³-hybridized carbons (Fsp3) is 0.167. The summed E-state index contributed by atoms with van der Waals surface area (Å²) in [6, 6.07) is 11.0. The summed E-state index contributed by atoms with van der Waals surface area (Å²) in [7, 11) is 0. The number of nitrogens with one attached hydrogen (secondary N) is 2. The van der Waals surface area contributed by atoms with Gasteiger partial charge in [0.25, 0.3) is 0 Å². The number of amides is 2. The lowest BCUT2D eigenvalue weighted by atomic mass is 10.3. The van der Waals surface area contributed by atoms with Crippen LogP contribution in [0.5, 0.6) is 0 Å². The van der Waals surface area contributed by atoms with Crippen LogP contribution in [-0.2, 0) is 9.59 Å². The summed E-state index contributed by atoms with van der Waals surface area (Å²) in [5.41, 5.74) is 1.24. The van der Waals surface area contributed by atoms with E-state index in [4.69, 9.17) is 11.6 Å². The summed E-state index contributed by atoms with van der Waals surface area (Å²) < 4.78 is 15.3. The molecular weight excluding hydrogens is 419 g/mol. The molecule has 0 aliphatic carbocycles. The number of carbonyl (C=O) groups is 2. The van der Waals surface area contributed by atoms with Crippen molar-refractivity contribution in [3.8, 4) is 5.69 Å². The molecule has 0 aliphatic rings. The van der Waals surface area contributed by atoms with Crippen molar-refractivity contribution in [3.05, 3.63) is 53.3 Å². The minimum atomic E-state index is -0.623. The first-order valence-corrected chi connectivity index (χ1v) is 9.68. The van der Waals surface area contributed by atoms with Crippen LogP contribution in [0.4, 0.5) is 15.8 Å². The van der Waals surface area contributed by atoms with Gasteiger partial charge in [0.2, 0.25) is 17.0 Å². The SMILES string of the molecule is CC(=O)Nc1cccc(-n2nnnc2SC(C)C(=O)Nc2ccc(Cl)cc2F)c1. The molecule has 0 bridgehead atoms. The quantitative estimate of drug-likeness (QED) is 0.575. The van der Waals surface area contributed by atoms with E-state index >= 15 is 0 Å². The molecular formula is C18H16ClFN6O2S. The van der Waals surface area contributed by atoms with Crippen LogP contribution in [0.2, 0.25) is 5.02 Å². The second-order valence-electron chi connectivity index (χ2n) is 5.98. The van der Waals surface area contributed by atoms with E-state index in [1.165, 1.54) is 23.7 Å². The van der Waals surface area contributed by atoms with E-state index in [1.54, 1.807) is 31.2 Å². The number of tetrazole rings is 1. The molecule has 1 aromatic heterocycles. The van der Waals surface area contributed by atoms with Crippen molar-refractivity contribution >= 4 is 46.6 Å². The van der Waals surface area contributed by atoms with Gasteiger partial charge in [-0.2, -0.15) is 4.68 Å². The lowest BCUT2D eigenvalue weighted by Crippen LogP contribution is -2.23. The molecule has 0 fully saturated rings. The highest BCUT2D eigenvalue weighted by Crippen LogP contribution is 2.26. The molecule has 2 N–H and O–H groups in total. The number of anilines is 2. The number of thioether (sulfide) groups is 1. The Morgan fingerprint density at radius 3 is 2.72 bits per heavy atom. The van der Waals surface area contributed by atoms with E-state index in [-0.39, 0.29) is 16.6 Å². The van der Waals surface area contributed by atoms with Gasteiger partial charge in [-0.25, -0.2) is 4.39 Å². The van der Waals surface area contributed by atoms with Gasteiger partial charge in [0.1, 0.15) is 5.82 Å². The van der Waals surface area contributed by atoms with Crippen LogP contribution in [0.15, 0.2) is 47.6 Å². The Morgan fingerprint density at radius 2 is 2.00 bits per heavy atom. The first-order chi connectivity index (χ1) is 13.8. The number of nitrogens with zero attached hydrogens (tertiary/aromatic N) is 4. The Hall–Kier alpha value is -2.98. The van der Waals surface area contributed by atoms with Gasteiger partial charge in [0.15, 0.2) is 0 Å². The van der Waals surface area contributed by atoms with Crippen molar-refractivity contribution < 1.29 is 14.0 Å². The number of hydrogen-bond acceptors (Lipinski definition) is 6. The standard InChI is InChI=1S/C18H16ClFN6O2S/c1-10(17(28)22-16-7-6-12(19)8-15(16)20)29-18-23-24-25-26(18)14-5-3-4-13(9-14)21-11(2)27/h3-10H,1-2H3,(H,21,27)(H,22,28). The summed E-state index contributed by atoms with van der Waals surface area (Å²) in [4.78, 5) is 23.7. The maximum Gasteiger partial charge on any atom is 0.237 e. The molecule has 3 aromatic rings. The molecule has 3 rings (SSSR count). The molecule has 2 aromatic carbocycles. The number of benzene rings is 2. The fourth-order valence-electron chi connectivity index (χ4n) is 2.37. The first-order valence-electron chi connectivity index (χ1n) is 8.42. The zero-order valence-corrected chi connectivity index (χ0v) is 17.0. The predicted octanol–water partition coefficient (Wildman–Crippen LogP) is 3.53. The van der Waals surface area contributed by atoms with Crippen molar-refractivity contribution in [1.82, 2.24) is 20.2 Å². The largest absolute Gasteiger partial charge is 0.326 e. The summed E-state index contributed by atoms with van der Waals surface area (Å²) in [5, 5.41) is 16.7. The number of halogens is 2. The van der Waals surface area contributed by atoms with Crippen molar-refractivity contribution in [2.24, 2.45) is 0 Å². The van der Waals surface area contributed by atoms with E-state index in [2.05, 4.69) is 26.2 Å². The van der Waals surface area contributed by atoms with Crippen molar-refractivity contribution in [1.29, 1.82) is 0 Å². The Bertz CT molecular complexity index is 1060. The number of rotatable bonds is 6. The molecule has 0 aliphatic heterocycles. The second kappa shape index (κ2) is 9.01. The third kappa shape index (κ3) is 5.30. The van der Waals surface area contributed by atoms with E-state index < -0.39 is 17.0 Å². The highest BCUT2D eigenvalue weighted by atomic mass is 35.5. The third-order valence-electron chi connectivity index (χ3n) is 3.69. The van der Waals surface area contributed by atoms with Crippen molar-refractivity contribution in [2.45, 2.75) is 24.3 Å². The highest BCUT2D eigenvalue weighted by molar-refractivity contribution is 8.00. The minimum Gasteiger partial charge on any atom is -0.326 e. The summed E-state index contributed by atoms with van der Waals surface area (Å²) >= 11 is 6.83. The molecule has 1 atom stereocenters. The molecule has 0 spiro atoms. The summed E-state index contributed by atoms with van der Waals surface area (Å²) in [6.07, 6.45) is 0. The van der Waals surface area contributed by atoms with E-state index in [9.17, 15) is 14.0 Å². The van der Waals surface area contributed by atoms with E-state index in [0.29, 0.717) is 16.5 Å². The van der Waals surface area contributed by atoms with Crippen LogP contribution in [0.1, 0.15) is 13.8 Å². The molecule has 150 valence electrons. The molecule has 1 heterocycles. The topological polar surface area (TPSA) is 102 Å². The highest BCUT2D eigenvalue weighted by Gasteiger charge is 2.20. The second-order valence-corrected chi connectivity index (χ2v) is 7.72. The molecule has 0 saturated heterocycles. The number of carbonyl (C=O) groups excluding carboxylic acids is 2. The van der Waals surface area contributed by atoms with Gasteiger partial charge in [-0.05, 0) is 53.7 Å². The Kier molecular flexibility index (Phi) is 6.45. The molecule has 8 nitrogen and oxygen atoms in total. The van der Waals surface area contributed by atoms with Gasteiger partial charge in [0.05, 0.1) is 16.6 Å². The van der Waals surface area contributed by atoms with E-state index in [0.717, 1.165) is 17.8 Å². The Morgan fingerprint density at radius 1 is 1.21 bits per heavy atom. The average molecular weight is 435 g/mol. The number of aromatic nitrogens is 4. The molecule has 0 saturated carbocycles. The van der Waals surface area contributed by atoms with Gasteiger partial charge >= 0.3 is 0 Å². The molecule has 29 heavy (non-hydrogen) atoms. The van der Waals surface area contributed by atoms with Crippen LogP contribution in [0, 0.1) is 5.82 Å². The Labute approximate surface area is 174 Å². The van der Waals surface area contributed by atoms with Gasteiger partial charge in [-0.1, -0.05) is 29.4 Å². The average Bonchev–Trinajstić information content (AvgIpc) is 3.11. The summed E-state index contributed by atoms with van der Waals surface area (Å²) in [6.45, 7) is 3.06. The molecule has 0 radical (unpaired) electrons. The van der Waals surface area contributed by atoms with Crippen molar-refractivity contribution in [2.75, 3.05) is 10.6 Å². The fourth-order valence-corrected chi connectivity index (χ4v) is 3.34. The minimum absolute atomic E-state index is 0.0365. The summed E-state index contributed by atoms with van der Waals surface area (Å²) in [5.74, 6) is -1.24. The lowest BCUT2D eigenvalue weighted by Gasteiger charge is -2.12. The molecule has 11 heteroatoms. The Balaban J connectivity index is 1.74. The monoisotopic (exact) mass is 434 g/mol. The lowest BCUT2D eigenvalue weighted by molar-refractivity contribution is -0.115. The van der Waals surface area contributed by atoms with Gasteiger partial charge in [-0.3, -0.25) is 9.59 Å². The zero-order chi connectivity index (χ0) is 21.0. The van der Waals surface area contributed by atoms with Crippen molar-refractivity contribution in [3.63, 3.8) is 0 Å². The van der Waals surface area contributed by atoms with Crippen LogP contribution in [0.25, 0.3) is 5.69 Å². The smallest absolute Gasteiger partial charge is 0.237 e. The predicted molar refractivity (Wildman–Crippen MR) is 109 cm³/mol. The molecule has 1 unspecified atom stereocenters. The number of hydrogen-bond donors (Lipinski definition) is 2. The van der Waals surface area contributed by atoms with Crippen LogP contribution in [0.3, 0.4) is 0 Å². The normalized spacial score (nSPS) is 11.7. The zero-order valence-electron chi connectivity index (χ0n) is 15.4. The van der Waals surface area contributed by atoms with Gasteiger partial charge in [-0.15, -0.1) is 5.10 Å². The first kappa shape index (κ1) is 20.7. The van der Waals surface area contributed by atoms with Gasteiger partial charge in [0, 0.05) is 17.6 Å². The van der Waals surface area contributed by atoms with Crippen LogP contribution < -0.4 is 10.6 Å². The van der Waals surface area contributed by atoms with Crippen LogP contribution in [-0.4, -0.2) is 37.3 Å². The molecule has 2 amide bonds. The maximum atomic E-state index is 13.9.